The molecule has 4 aromatic rings. The van der Waals surface area contributed by atoms with E-state index >= 15 is 0 Å². The van der Waals surface area contributed by atoms with Crippen molar-refractivity contribution in [2.24, 2.45) is 0 Å². The van der Waals surface area contributed by atoms with Gasteiger partial charge in [0.05, 0.1) is 12.8 Å². The van der Waals surface area contributed by atoms with Crippen LogP contribution in [0, 0.1) is 0 Å². The Bertz CT molecular complexity index is 1320. The van der Waals surface area contributed by atoms with Gasteiger partial charge in [0.1, 0.15) is 6.04 Å². The molecule has 8 nitrogen and oxygen atoms in total. The fourth-order valence-corrected chi connectivity index (χ4v) is 4.09. The number of carbonyl (C=O) groups excluding carboxylic acids is 1. The minimum absolute atomic E-state index is 0.0685. The number of nitrogens with one attached hydrogen (secondary N) is 1. The summed E-state index contributed by atoms with van der Waals surface area (Å²) in [6.07, 6.45) is 1.03. The number of amides is 1. The highest BCUT2D eigenvalue weighted by Gasteiger charge is 2.35. The summed E-state index contributed by atoms with van der Waals surface area (Å²) < 4.78 is 5.36. The van der Waals surface area contributed by atoms with Crippen LogP contribution in [0.15, 0.2) is 101 Å². The van der Waals surface area contributed by atoms with E-state index < -0.39 is 12.1 Å². The molecule has 0 radical (unpaired) electrons. The smallest absolute Gasteiger partial charge is 0.260 e. The predicted octanol–water partition coefficient (Wildman–Crippen LogP) is 4.40. The molecule has 2 atom stereocenters. The lowest BCUT2D eigenvalue weighted by Gasteiger charge is -2.21. The zero-order valence-corrected chi connectivity index (χ0v) is 19.0. The topological polar surface area (TPSA) is 101 Å². The monoisotopic (exact) mass is 468 g/mol. The average molecular weight is 469 g/mol. The molecular formula is C27H24N4O4. The molecule has 0 fully saturated rings. The van der Waals surface area contributed by atoms with Gasteiger partial charge in [-0.1, -0.05) is 78.0 Å². The molecule has 176 valence electrons. The predicted molar refractivity (Wildman–Crippen MR) is 128 cm³/mol. The lowest BCUT2D eigenvalue weighted by atomic mass is 10.0. The van der Waals surface area contributed by atoms with Crippen molar-refractivity contribution in [2.45, 2.75) is 18.6 Å². The number of benzene rings is 3. The van der Waals surface area contributed by atoms with Crippen molar-refractivity contribution < 1.29 is 19.3 Å². The van der Waals surface area contributed by atoms with Gasteiger partial charge < -0.3 is 14.5 Å². The second kappa shape index (κ2) is 9.92. The zero-order valence-electron chi connectivity index (χ0n) is 19.0. The normalized spacial score (nSPS) is 16.1. The molecule has 0 aliphatic carbocycles. The SMILES string of the molecule is CONC1=CN(C(=O)c2ccc(-c3ccccc3)cc2)C(c2noc(C(O)c3ccccc3)n2)C1. The standard InChI is InChI=1S/C27H24N4O4/c1-34-29-22-16-23(25-28-26(35-30-25)24(32)20-10-6-3-7-11-20)31(17-22)27(33)21-14-12-19(13-15-21)18-8-4-2-5-9-18/h2-15,17,23-24,29,32H,16H2,1H3. The third-order valence-electron chi connectivity index (χ3n) is 5.86. The Balaban J connectivity index is 1.40. The van der Waals surface area contributed by atoms with Gasteiger partial charge in [0.25, 0.3) is 11.8 Å². The quantitative estimate of drug-likeness (QED) is 0.388. The Morgan fingerprint density at radius 2 is 1.69 bits per heavy atom. The van der Waals surface area contributed by atoms with Gasteiger partial charge in [-0.3, -0.25) is 15.1 Å². The van der Waals surface area contributed by atoms with E-state index in [4.69, 9.17) is 9.36 Å². The molecule has 2 N–H and O–H groups in total. The van der Waals surface area contributed by atoms with Crippen molar-refractivity contribution in [1.29, 1.82) is 0 Å². The number of aliphatic hydroxyl groups is 1. The Labute approximate surface area is 202 Å². The molecule has 1 aromatic heterocycles. The summed E-state index contributed by atoms with van der Waals surface area (Å²) in [5, 5.41) is 14.7. The molecule has 2 heterocycles. The van der Waals surface area contributed by atoms with Crippen LogP contribution in [0.2, 0.25) is 0 Å². The van der Waals surface area contributed by atoms with Gasteiger partial charge in [0, 0.05) is 18.2 Å². The molecule has 5 rings (SSSR count). The van der Waals surface area contributed by atoms with Crippen molar-refractivity contribution in [3.63, 3.8) is 0 Å². The zero-order chi connectivity index (χ0) is 24.2. The van der Waals surface area contributed by atoms with Crippen LogP contribution in [0.4, 0.5) is 0 Å². The van der Waals surface area contributed by atoms with Crippen LogP contribution in [0.25, 0.3) is 11.1 Å². The second-order valence-electron chi connectivity index (χ2n) is 8.14. The Morgan fingerprint density at radius 1 is 1.03 bits per heavy atom. The third-order valence-corrected chi connectivity index (χ3v) is 5.86. The van der Waals surface area contributed by atoms with Crippen molar-refractivity contribution in [3.8, 4) is 11.1 Å². The molecular weight excluding hydrogens is 444 g/mol. The summed E-state index contributed by atoms with van der Waals surface area (Å²) in [5.41, 5.74) is 6.76. The number of hydrogen-bond acceptors (Lipinski definition) is 7. The van der Waals surface area contributed by atoms with Crippen LogP contribution in [0.5, 0.6) is 0 Å². The summed E-state index contributed by atoms with van der Waals surface area (Å²) in [7, 11) is 1.51. The number of aliphatic hydroxyl groups excluding tert-OH is 1. The number of nitrogens with zero attached hydrogens (tertiary/aromatic N) is 3. The van der Waals surface area contributed by atoms with E-state index in [1.807, 2.05) is 60.7 Å². The van der Waals surface area contributed by atoms with Gasteiger partial charge in [0.2, 0.25) is 0 Å². The first-order valence-electron chi connectivity index (χ1n) is 11.2. The molecule has 0 bridgehead atoms. The van der Waals surface area contributed by atoms with Gasteiger partial charge in [-0.2, -0.15) is 4.98 Å². The number of carbonyl (C=O) groups is 1. The van der Waals surface area contributed by atoms with E-state index in [9.17, 15) is 9.90 Å². The Morgan fingerprint density at radius 3 is 2.37 bits per heavy atom. The largest absolute Gasteiger partial charge is 0.378 e. The molecule has 1 aliphatic heterocycles. The van der Waals surface area contributed by atoms with Gasteiger partial charge in [-0.05, 0) is 28.8 Å². The molecule has 0 saturated heterocycles. The maximum Gasteiger partial charge on any atom is 0.260 e. The van der Waals surface area contributed by atoms with Crippen molar-refractivity contribution in [1.82, 2.24) is 20.5 Å². The first-order chi connectivity index (χ1) is 17.1. The van der Waals surface area contributed by atoms with Crippen LogP contribution in [0.3, 0.4) is 0 Å². The van der Waals surface area contributed by atoms with E-state index in [2.05, 4.69) is 15.6 Å². The summed E-state index contributed by atoms with van der Waals surface area (Å²) in [4.78, 5) is 24.5. The van der Waals surface area contributed by atoms with E-state index in [1.165, 1.54) is 7.11 Å². The van der Waals surface area contributed by atoms with Gasteiger partial charge in [0.15, 0.2) is 11.9 Å². The summed E-state index contributed by atoms with van der Waals surface area (Å²) >= 11 is 0. The first-order valence-corrected chi connectivity index (χ1v) is 11.2. The molecule has 8 heteroatoms. The van der Waals surface area contributed by atoms with Crippen LogP contribution >= 0.6 is 0 Å². The molecule has 2 unspecified atom stereocenters. The van der Waals surface area contributed by atoms with Crippen LogP contribution in [-0.4, -0.2) is 33.2 Å². The lowest BCUT2D eigenvalue weighted by molar-refractivity contribution is 0.0777. The molecule has 0 saturated carbocycles. The van der Waals surface area contributed by atoms with Gasteiger partial charge in [-0.25, -0.2) is 0 Å². The van der Waals surface area contributed by atoms with E-state index in [0.29, 0.717) is 29.1 Å². The highest BCUT2D eigenvalue weighted by Crippen LogP contribution is 2.34. The maximum absolute atomic E-state index is 13.5. The number of aromatic nitrogens is 2. The van der Waals surface area contributed by atoms with E-state index in [1.54, 1.807) is 35.4 Å². The van der Waals surface area contributed by atoms with Crippen molar-refractivity contribution in [2.75, 3.05) is 7.11 Å². The number of hydrogen-bond donors (Lipinski definition) is 2. The molecule has 1 aliphatic rings. The number of hydroxylamine groups is 1. The summed E-state index contributed by atoms with van der Waals surface area (Å²) in [5.74, 6) is 0.157. The van der Waals surface area contributed by atoms with Crippen LogP contribution in [0.1, 0.15) is 46.2 Å². The molecule has 1 amide bonds. The minimum Gasteiger partial charge on any atom is -0.378 e. The number of rotatable bonds is 7. The third kappa shape index (κ3) is 4.70. The Kier molecular flexibility index (Phi) is 6.38. The van der Waals surface area contributed by atoms with Gasteiger partial charge in [-0.15, -0.1) is 0 Å². The highest BCUT2D eigenvalue weighted by atomic mass is 16.6. The lowest BCUT2D eigenvalue weighted by Crippen LogP contribution is -2.28. The highest BCUT2D eigenvalue weighted by molar-refractivity contribution is 5.96. The fourth-order valence-electron chi connectivity index (χ4n) is 4.09. The van der Waals surface area contributed by atoms with Crippen LogP contribution < -0.4 is 5.48 Å². The van der Waals surface area contributed by atoms with Crippen molar-refractivity contribution >= 4 is 5.91 Å². The van der Waals surface area contributed by atoms with E-state index in [0.717, 1.165) is 11.1 Å². The Hall–Kier alpha value is -4.27. The van der Waals surface area contributed by atoms with E-state index in [-0.39, 0.29) is 11.8 Å². The van der Waals surface area contributed by atoms with Crippen molar-refractivity contribution in [3.05, 3.63) is 120 Å². The summed E-state index contributed by atoms with van der Waals surface area (Å²) in [6.45, 7) is 0. The van der Waals surface area contributed by atoms with Crippen LogP contribution in [-0.2, 0) is 4.84 Å². The van der Waals surface area contributed by atoms with Gasteiger partial charge >= 0.3 is 0 Å². The first kappa shape index (κ1) is 22.5. The average Bonchev–Trinajstić information content (AvgIpc) is 3.57. The fraction of sp³-hybridized carbons (Fsp3) is 0.148. The minimum atomic E-state index is -1.06. The second-order valence-corrected chi connectivity index (χ2v) is 8.14. The maximum atomic E-state index is 13.5. The molecule has 0 spiro atoms. The molecule has 3 aromatic carbocycles. The molecule has 35 heavy (non-hydrogen) atoms. The summed E-state index contributed by atoms with van der Waals surface area (Å²) in [6, 6.07) is 26.0.